The Balaban J connectivity index is 1.32. The lowest BCUT2D eigenvalue weighted by Crippen LogP contribution is -2.06. The predicted octanol–water partition coefficient (Wildman–Crippen LogP) is 8.40. The molecule has 6 aromatic rings. The Hall–Kier alpha value is -4.38. The molecule has 0 radical (unpaired) electrons. The zero-order chi connectivity index (χ0) is 26.0. The smallest absolute Gasteiger partial charge is 0.109 e. The van der Waals surface area contributed by atoms with Gasteiger partial charge in [0, 0.05) is 34.4 Å². The van der Waals surface area contributed by atoms with E-state index in [1.54, 1.807) is 0 Å². The number of fused-ring (bicyclic) bond motifs is 7. The molecule has 186 valence electrons. The Morgan fingerprint density at radius 1 is 0.658 bits per heavy atom. The van der Waals surface area contributed by atoms with Gasteiger partial charge in [0.1, 0.15) is 5.82 Å². The molecule has 1 aliphatic heterocycles. The molecule has 2 aromatic heterocycles. The standard InChI is InChI=1S/C33H29N5/c1-18(2)30-14-27-25-10-9-23(13-26(25)28-15-35-36-16-29(28)32(27)37-30)21-5-6-22-12-24(8-7-20(22)11-21)31-17-34-33(38-31)19(3)4/h5-13,15-19H,14H2,1-4H3,(H,34,38). The van der Waals surface area contributed by atoms with Crippen LogP contribution in [0.5, 0.6) is 0 Å². The molecular weight excluding hydrogens is 466 g/mol. The van der Waals surface area contributed by atoms with Crippen LogP contribution in [0.4, 0.5) is 5.69 Å². The minimum absolute atomic E-state index is 0.378. The molecule has 0 unspecified atom stereocenters. The van der Waals surface area contributed by atoms with Crippen molar-refractivity contribution >= 4 is 43.7 Å². The third-order valence-corrected chi connectivity index (χ3v) is 7.81. The maximum Gasteiger partial charge on any atom is 0.109 e. The highest BCUT2D eigenvalue weighted by Crippen LogP contribution is 2.43. The highest BCUT2D eigenvalue weighted by molar-refractivity contribution is 6.18. The number of hydrogen-bond donors (Lipinski definition) is 1. The SMILES string of the molecule is CC(C)C1=Nc2c(c3ccc(-c4ccc5cc(-c6cnc(C(C)C)[nH]6)ccc5c4)cc3c3cnncc23)C1. The van der Waals surface area contributed by atoms with Crippen molar-refractivity contribution in [1.29, 1.82) is 0 Å². The summed E-state index contributed by atoms with van der Waals surface area (Å²) in [5.41, 5.74) is 8.21. The van der Waals surface area contributed by atoms with Crippen LogP contribution in [0.2, 0.25) is 0 Å². The molecule has 0 bridgehead atoms. The van der Waals surface area contributed by atoms with Crippen molar-refractivity contribution in [2.75, 3.05) is 0 Å². The van der Waals surface area contributed by atoms with Crippen LogP contribution >= 0.6 is 0 Å². The van der Waals surface area contributed by atoms with Crippen LogP contribution in [0.25, 0.3) is 54.7 Å². The number of aromatic amines is 1. The molecule has 0 saturated carbocycles. The molecule has 0 spiro atoms. The van der Waals surface area contributed by atoms with Crippen LogP contribution in [0, 0.1) is 5.92 Å². The number of H-pyrrole nitrogens is 1. The molecule has 7 rings (SSSR count). The fourth-order valence-electron chi connectivity index (χ4n) is 5.60. The molecule has 1 N–H and O–H groups in total. The van der Waals surface area contributed by atoms with Crippen molar-refractivity contribution in [2.45, 2.75) is 40.0 Å². The Bertz CT molecular complexity index is 1910. The average Bonchev–Trinajstić information content (AvgIpc) is 3.61. The second-order valence-electron chi connectivity index (χ2n) is 11.0. The third-order valence-electron chi connectivity index (χ3n) is 7.81. The number of imidazole rings is 1. The van der Waals surface area contributed by atoms with Crippen molar-refractivity contribution in [2.24, 2.45) is 10.9 Å². The van der Waals surface area contributed by atoms with E-state index in [2.05, 4.69) is 102 Å². The molecule has 0 atom stereocenters. The summed E-state index contributed by atoms with van der Waals surface area (Å²) in [6, 6.07) is 20.1. The highest BCUT2D eigenvalue weighted by atomic mass is 15.1. The Morgan fingerprint density at radius 2 is 1.34 bits per heavy atom. The zero-order valence-electron chi connectivity index (χ0n) is 22.1. The Labute approximate surface area is 221 Å². The monoisotopic (exact) mass is 495 g/mol. The number of nitrogens with zero attached hydrogens (tertiary/aromatic N) is 4. The minimum atomic E-state index is 0.378. The van der Waals surface area contributed by atoms with Crippen molar-refractivity contribution in [1.82, 2.24) is 20.2 Å². The normalized spacial score (nSPS) is 13.3. The molecule has 38 heavy (non-hydrogen) atoms. The maximum atomic E-state index is 5.03. The van der Waals surface area contributed by atoms with Crippen LogP contribution in [-0.2, 0) is 6.42 Å². The molecule has 5 heteroatoms. The van der Waals surface area contributed by atoms with E-state index in [9.17, 15) is 0 Å². The number of nitrogens with one attached hydrogen (secondary N) is 1. The second kappa shape index (κ2) is 8.59. The lowest BCUT2D eigenvalue weighted by Gasteiger charge is -2.12. The van der Waals surface area contributed by atoms with E-state index in [0.717, 1.165) is 40.0 Å². The molecule has 3 heterocycles. The topological polar surface area (TPSA) is 66.8 Å². The first-order chi connectivity index (χ1) is 18.5. The maximum absolute atomic E-state index is 5.03. The quantitative estimate of drug-likeness (QED) is 0.250. The van der Waals surface area contributed by atoms with Crippen LogP contribution < -0.4 is 0 Å². The van der Waals surface area contributed by atoms with E-state index in [1.807, 2.05) is 18.6 Å². The van der Waals surface area contributed by atoms with Gasteiger partial charge in [-0.15, -0.1) is 0 Å². The number of rotatable bonds is 4. The second-order valence-corrected chi connectivity index (χ2v) is 11.0. The summed E-state index contributed by atoms with van der Waals surface area (Å²) >= 11 is 0. The number of hydrogen-bond acceptors (Lipinski definition) is 4. The lowest BCUT2D eigenvalue weighted by molar-refractivity contribution is 0.795. The predicted molar refractivity (Wildman–Crippen MR) is 157 cm³/mol. The van der Waals surface area contributed by atoms with Crippen LogP contribution in [0.15, 0.2) is 78.2 Å². The van der Waals surface area contributed by atoms with E-state index >= 15 is 0 Å². The Kier molecular flexibility index (Phi) is 5.15. The molecule has 5 nitrogen and oxygen atoms in total. The first-order valence-corrected chi connectivity index (χ1v) is 13.3. The average molecular weight is 496 g/mol. The van der Waals surface area contributed by atoms with E-state index < -0.39 is 0 Å². The summed E-state index contributed by atoms with van der Waals surface area (Å²) in [5, 5.41) is 15.5. The van der Waals surface area contributed by atoms with Gasteiger partial charge < -0.3 is 4.98 Å². The number of benzene rings is 4. The number of aliphatic imine (C=N–C) groups is 1. The largest absolute Gasteiger partial charge is 0.342 e. The first kappa shape index (κ1) is 22.8. The highest BCUT2D eigenvalue weighted by Gasteiger charge is 2.23. The van der Waals surface area contributed by atoms with Crippen LogP contribution in [0.1, 0.15) is 45.0 Å². The van der Waals surface area contributed by atoms with Crippen LogP contribution in [0.3, 0.4) is 0 Å². The molecule has 1 aliphatic rings. The zero-order valence-corrected chi connectivity index (χ0v) is 22.1. The first-order valence-electron chi connectivity index (χ1n) is 13.3. The van der Waals surface area contributed by atoms with Gasteiger partial charge in [-0.1, -0.05) is 64.1 Å². The van der Waals surface area contributed by atoms with Gasteiger partial charge in [0.05, 0.1) is 30.0 Å². The lowest BCUT2D eigenvalue weighted by atomic mass is 9.91. The molecular formula is C33H29N5. The number of aromatic nitrogens is 4. The minimum Gasteiger partial charge on any atom is -0.342 e. The summed E-state index contributed by atoms with van der Waals surface area (Å²) in [4.78, 5) is 13.0. The van der Waals surface area contributed by atoms with Gasteiger partial charge in [-0.05, 0) is 62.4 Å². The summed E-state index contributed by atoms with van der Waals surface area (Å²) in [6.45, 7) is 8.73. The van der Waals surface area contributed by atoms with Gasteiger partial charge in [-0.25, -0.2) is 4.98 Å². The van der Waals surface area contributed by atoms with E-state index in [1.165, 1.54) is 43.9 Å². The van der Waals surface area contributed by atoms with Gasteiger partial charge in [0.15, 0.2) is 0 Å². The molecule has 0 fully saturated rings. The van der Waals surface area contributed by atoms with Gasteiger partial charge in [-0.3, -0.25) is 4.99 Å². The fraction of sp³-hybridized carbons (Fsp3) is 0.212. The summed E-state index contributed by atoms with van der Waals surface area (Å²) in [7, 11) is 0. The van der Waals surface area contributed by atoms with E-state index in [0.29, 0.717) is 11.8 Å². The fourth-order valence-corrected chi connectivity index (χ4v) is 5.60. The molecule has 0 amide bonds. The molecule has 4 aromatic carbocycles. The summed E-state index contributed by atoms with van der Waals surface area (Å²) in [6.07, 6.45) is 6.58. The third kappa shape index (κ3) is 3.61. The molecule has 0 saturated heterocycles. The summed E-state index contributed by atoms with van der Waals surface area (Å²) < 4.78 is 0. The van der Waals surface area contributed by atoms with Crippen LogP contribution in [-0.4, -0.2) is 25.9 Å². The van der Waals surface area contributed by atoms with E-state index in [4.69, 9.17) is 4.99 Å². The van der Waals surface area contributed by atoms with Crippen molar-refractivity contribution in [3.63, 3.8) is 0 Å². The van der Waals surface area contributed by atoms with Crippen molar-refractivity contribution < 1.29 is 0 Å². The van der Waals surface area contributed by atoms with Gasteiger partial charge >= 0.3 is 0 Å². The summed E-state index contributed by atoms with van der Waals surface area (Å²) in [5.74, 6) is 1.82. The van der Waals surface area contributed by atoms with Crippen molar-refractivity contribution in [3.8, 4) is 22.4 Å². The van der Waals surface area contributed by atoms with Gasteiger partial charge in [-0.2, -0.15) is 10.2 Å². The molecule has 0 aliphatic carbocycles. The van der Waals surface area contributed by atoms with Crippen molar-refractivity contribution in [3.05, 3.63) is 84.6 Å². The van der Waals surface area contributed by atoms with Gasteiger partial charge in [0.2, 0.25) is 0 Å². The Morgan fingerprint density at radius 3 is 2.08 bits per heavy atom. The van der Waals surface area contributed by atoms with E-state index in [-0.39, 0.29) is 0 Å². The van der Waals surface area contributed by atoms with Gasteiger partial charge in [0.25, 0.3) is 0 Å².